The molecule has 5 rings (SSSR count). The number of aromatic carboxylic acids is 1. The number of carboxylic acid groups (broad SMARTS) is 1. The Balaban J connectivity index is 1.42. The van der Waals surface area contributed by atoms with Crippen LogP contribution in [0.25, 0.3) is 22.0 Å². The van der Waals surface area contributed by atoms with E-state index in [4.69, 9.17) is 0 Å². The topological polar surface area (TPSA) is 59.6 Å². The quantitative estimate of drug-likeness (QED) is 0.444. The molecule has 170 valence electrons. The first-order chi connectivity index (χ1) is 16.6. The molecule has 1 aliphatic rings. The molecule has 4 aromatic rings. The van der Waals surface area contributed by atoms with Crippen molar-refractivity contribution in [3.8, 4) is 23.0 Å². The van der Waals surface area contributed by atoms with Crippen molar-refractivity contribution in [3.05, 3.63) is 95.2 Å². The number of piperazine rings is 1. The normalized spacial score (nSPS) is 14.6. The standard InChI is InChI=1S/C29H27N3O2/c1-31-15-17-32(18-16-31)20-22-7-5-21(6-8-22)9-10-23-3-2-4-26(29(33)34)28(23)25-11-12-27-24(19-25)13-14-30-27/h2-8,11-14,19,30H,15-18,20H2,1H3,(H,33,34). The van der Waals surface area contributed by atoms with Gasteiger partial charge in [0.1, 0.15) is 0 Å². The van der Waals surface area contributed by atoms with Crippen molar-refractivity contribution in [2.24, 2.45) is 0 Å². The van der Waals surface area contributed by atoms with Gasteiger partial charge >= 0.3 is 5.97 Å². The Morgan fingerprint density at radius 2 is 1.76 bits per heavy atom. The summed E-state index contributed by atoms with van der Waals surface area (Å²) in [5.41, 5.74) is 5.66. The van der Waals surface area contributed by atoms with E-state index in [0.717, 1.165) is 54.8 Å². The summed E-state index contributed by atoms with van der Waals surface area (Å²) in [6.45, 7) is 5.36. The smallest absolute Gasteiger partial charge is 0.336 e. The van der Waals surface area contributed by atoms with Crippen molar-refractivity contribution >= 4 is 16.9 Å². The maximum Gasteiger partial charge on any atom is 0.336 e. The lowest BCUT2D eigenvalue weighted by Crippen LogP contribution is -2.43. The summed E-state index contributed by atoms with van der Waals surface area (Å²) < 4.78 is 0. The van der Waals surface area contributed by atoms with Crippen LogP contribution in [0.1, 0.15) is 27.0 Å². The molecule has 2 N–H and O–H groups in total. The Morgan fingerprint density at radius 1 is 0.971 bits per heavy atom. The van der Waals surface area contributed by atoms with Crippen LogP contribution in [0.15, 0.2) is 72.9 Å². The molecule has 34 heavy (non-hydrogen) atoms. The largest absolute Gasteiger partial charge is 0.478 e. The maximum absolute atomic E-state index is 12.0. The summed E-state index contributed by atoms with van der Waals surface area (Å²) in [7, 11) is 2.17. The molecule has 1 fully saturated rings. The lowest BCUT2D eigenvalue weighted by molar-refractivity contribution is 0.0697. The Labute approximate surface area is 199 Å². The Hall–Kier alpha value is -3.85. The number of carbonyl (C=O) groups is 1. The summed E-state index contributed by atoms with van der Waals surface area (Å²) in [4.78, 5) is 20.0. The van der Waals surface area contributed by atoms with Gasteiger partial charge in [-0.3, -0.25) is 4.90 Å². The molecule has 5 nitrogen and oxygen atoms in total. The molecule has 5 heteroatoms. The number of hydrogen-bond donors (Lipinski definition) is 2. The number of benzene rings is 3. The molecule has 1 saturated heterocycles. The molecule has 0 unspecified atom stereocenters. The third-order valence-electron chi connectivity index (χ3n) is 6.43. The molecule has 3 aromatic carbocycles. The van der Waals surface area contributed by atoms with E-state index < -0.39 is 5.97 Å². The van der Waals surface area contributed by atoms with E-state index >= 15 is 0 Å². The second-order valence-electron chi connectivity index (χ2n) is 8.84. The van der Waals surface area contributed by atoms with Gasteiger partial charge in [0, 0.05) is 61.1 Å². The number of fused-ring (bicyclic) bond motifs is 1. The fraction of sp³-hybridized carbons (Fsp3) is 0.207. The van der Waals surface area contributed by atoms with Crippen molar-refractivity contribution in [1.29, 1.82) is 0 Å². The summed E-state index contributed by atoms with van der Waals surface area (Å²) in [5.74, 6) is 5.51. The monoisotopic (exact) mass is 449 g/mol. The van der Waals surface area contributed by atoms with E-state index in [0.29, 0.717) is 11.1 Å². The molecule has 0 spiro atoms. The number of nitrogens with one attached hydrogen (secondary N) is 1. The second kappa shape index (κ2) is 9.56. The van der Waals surface area contributed by atoms with Crippen LogP contribution in [0, 0.1) is 11.8 Å². The minimum atomic E-state index is -0.957. The summed E-state index contributed by atoms with van der Waals surface area (Å²) in [6, 6.07) is 21.5. The number of H-pyrrole nitrogens is 1. The van der Waals surface area contributed by atoms with Crippen LogP contribution in [0.4, 0.5) is 0 Å². The summed E-state index contributed by atoms with van der Waals surface area (Å²) in [5, 5.41) is 10.9. The first-order valence-electron chi connectivity index (χ1n) is 11.5. The zero-order valence-corrected chi connectivity index (χ0v) is 19.2. The molecule has 0 saturated carbocycles. The number of carboxylic acids is 1. The van der Waals surface area contributed by atoms with Crippen LogP contribution in [0.2, 0.25) is 0 Å². The van der Waals surface area contributed by atoms with Crippen LogP contribution in [0.3, 0.4) is 0 Å². The first kappa shape index (κ1) is 22.0. The van der Waals surface area contributed by atoms with Gasteiger partial charge in [-0.15, -0.1) is 0 Å². The average molecular weight is 450 g/mol. The molecule has 0 radical (unpaired) electrons. The van der Waals surface area contributed by atoms with Crippen LogP contribution in [-0.4, -0.2) is 59.1 Å². The van der Waals surface area contributed by atoms with Gasteiger partial charge in [0.25, 0.3) is 0 Å². The van der Waals surface area contributed by atoms with Gasteiger partial charge in [0.15, 0.2) is 0 Å². The van der Waals surface area contributed by atoms with Crippen LogP contribution in [0.5, 0.6) is 0 Å². The number of aromatic amines is 1. The van der Waals surface area contributed by atoms with Gasteiger partial charge in [-0.1, -0.05) is 36.1 Å². The van der Waals surface area contributed by atoms with Gasteiger partial charge in [0.05, 0.1) is 5.56 Å². The number of rotatable bonds is 4. The Morgan fingerprint density at radius 3 is 2.53 bits per heavy atom. The molecular weight excluding hydrogens is 422 g/mol. The number of aromatic nitrogens is 1. The lowest BCUT2D eigenvalue weighted by atomic mass is 9.93. The molecule has 0 bridgehead atoms. The van der Waals surface area contributed by atoms with Gasteiger partial charge in [-0.25, -0.2) is 4.79 Å². The second-order valence-corrected chi connectivity index (χ2v) is 8.84. The maximum atomic E-state index is 12.0. The Bertz CT molecular complexity index is 1380. The fourth-order valence-electron chi connectivity index (χ4n) is 4.45. The minimum Gasteiger partial charge on any atom is -0.478 e. The zero-order chi connectivity index (χ0) is 23.5. The predicted octanol–water partition coefficient (Wildman–Crippen LogP) is 4.68. The van der Waals surface area contributed by atoms with E-state index in [1.165, 1.54) is 5.56 Å². The van der Waals surface area contributed by atoms with Crippen LogP contribution >= 0.6 is 0 Å². The average Bonchev–Trinajstić information content (AvgIpc) is 3.33. The molecule has 0 atom stereocenters. The highest BCUT2D eigenvalue weighted by Crippen LogP contribution is 2.30. The van der Waals surface area contributed by atoms with Crippen molar-refractivity contribution < 1.29 is 9.90 Å². The molecule has 0 amide bonds. The van der Waals surface area contributed by atoms with E-state index in [9.17, 15) is 9.90 Å². The summed E-state index contributed by atoms with van der Waals surface area (Å²) in [6.07, 6.45) is 1.88. The van der Waals surface area contributed by atoms with Crippen molar-refractivity contribution in [3.63, 3.8) is 0 Å². The summed E-state index contributed by atoms with van der Waals surface area (Å²) >= 11 is 0. The third-order valence-corrected chi connectivity index (χ3v) is 6.43. The Kier molecular flexibility index (Phi) is 6.18. The van der Waals surface area contributed by atoms with Gasteiger partial charge in [-0.2, -0.15) is 0 Å². The first-order valence-corrected chi connectivity index (χ1v) is 11.5. The van der Waals surface area contributed by atoms with Crippen molar-refractivity contribution in [1.82, 2.24) is 14.8 Å². The van der Waals surface area contributed by atoms with E-state index in [2.05, 4.69) is 45.8 Å². The SMILES string of the molecule is CN1CCN(Cc2ccc(C#Cc3cccc(C(=O)O)c3-c3ccc4[nH]ccc4c3)cc2)CC1. The highest BCUT2D eigenvalue weighted by molar-refractivity contribution is 5.99. The molecule has 0 aliphatic carbocycles. The molecule has 1 aliphatic heterocycles. The van der Waals surface area contributed by atoms with Gasteiger partial charge < -0.3 is 15.0 Å². The highest BCUT2D eigenvalue weighted by Gasteiger charge is 2.16. The predicted molar refractivity (Wildman–Crippen MR) is 136 cm³/mol. The third kappa shape index (κ3) is 4.74. The highest BCUT2D eigenvalue weighted by atomic mass is 16.4. The van der Waals surface area contributed by atoms with Gasteiger partial charge in [0.2, 0.25) is 0 Å². The fourth-order valence-corrected chi connectivity index (χ4v) is 4.45. The van der Waals surface area contributed by atoms with Crippen molar-refractivity contribution in [2.45, 2.75) is 6.54 Å². The van der Waals surface area contributed by atoms with Gasteiger partial charge in [-0.05, 0) is 66.0 Å². The zero-order valence-electron chi connectivity index (χ0n) is 19.2. The molecule has 2 heterocycles. The molecule has 1 aromatic heterocycles. The number of nitrogens with zero attached hydrogens (tertiary/aromatic N) is 2. The van der Waals surface area contributed by atoms with E-state index in [1.807, 2.05) is 48.7 Å². The lowest BCUT2D eigenvalue weighted by Gasteiger charge is -2.32. The number of likely N-dealkylation sites (N-methyl/N-ethyl adjacent to an activating group) is 1. The molecular formula is C29H27N3O2. The van der Waals surface area contributed by atoms with Crippen LogP contribution < -0.4 is 0 Å². The van der Waals surface area contributed by atoms with Crippen LogP contribution in [-0.2, 0) is 6.54 Å². The van der Waals surface area contributed by atoms with Crippen molar-refractivity contribution in [2.75, 3.05) is 33.2 Å². The van der Waals surface area contributed by atoms with E-state index in [1.54, 1.807) is 12.1 Å². The minimum absolute atomic E-state index is 0.254. The number of hydrogen-bond acceptors (Lipinski definition) is 3. The van der Waals surface area contributed by atoms with E-state index in [-0.39, 0.29) is 5.56 Å².